The monoisotopic (exact) mass is 517 g/mol. The molecule has 0 saturated carbocycles. The fourth-order valence-electron chi connectivity index (χ4n) is 3.27. The molecule has 2 aliphatic heterocycles. The van der Waals surface area contributed by atoms with E-state index in [1.54, 1.807) is 23.1 Å². The average molecular weight is 518 g/mol. The Morgan fingerprint density at radius 3 is 2.64 bits per heavy atom. The lowest BCUT2D eigenvalue weighted by Crippen LogP contribution is -2.71. The number of nitrogens with one attached hydrogen (secondary N) is 2. The number of hydrogen-bond donors (Lipinski definition) is 4. The lowest BCUT2D eigenvalue weighted by molar-refractivity contribution is -0.151. The molecule has 3 rings (SSSR count). The maximum Gasteiger partial charge on any atom is 0.352 e. The molecule has 2 amide bonds. The van der Waals surface area contributed by atoms with Crippen molar-refractivity contribution in [1.82, 2.24) is 14.9 Å². The quantitative estimate of drug-likeness (QED) is 0.151. The van der Waals surface area contributed by atoms with Crippen LogP contribution in [-0.2, 0) is 34.2 Å². The molecule has 0 bridgehead atoms. The van der Waals surface area contributed by atoms with Crippen molar-refractivity contribution in [1.29, 1.82) is 0 Å². The highest BCUT2D eigenvalue weighted by Gasteiger charge is 2.55. The molecule has 2 aliphatic rings. The molecular formula is C18H19N3O9S3. The third-order valence-electron chi connectivity index (χ3n) is 4.71. The number of rotatable bonds is 9. The third-order valence-corrected chi connectivity index (χ3v) is 7.46. The van der Waals surface area contributed by atoms with E-state index < -0.39 is 57.2 Å². The number of nitrogens with zero attached hydrogens (tertiary/aromatic N) is 1. The van der Waals surface area contributed by atoms with E-state index >= 15 is 0 Å². The summed E-state index contributed by atoms with van der Waals surface area (Å²) in [4.78, 5) is 50.7. The number of thiophene rings is 1. The molecule has 178 valence electrons. The number of carboxylic acids is 1. The molecule has 1 saturated heterocycles. The van der Waals surface area contributed by atoms with Crippen LogP contribution in [0.25, 0.3) is 0 Å². The number of aliphatic carboxylic acids is 1. The Bertz CT molecular complexity index is 1140. The van der Waals surface area contributed by atoms with Gasteiger partial charge in [-0.05, 0) is 18.4 Å². The molecule has 0 aromatic carbocycles. The van der Waals surface area contributed by atoms with Crippen LogP contribution in [0.1, 0.15) is 17.8 Å². The summed E-state index contributed by atoms with van der Waals surface area (Å²) in [5, 5.41) is 12.9. The number of carbonyl (C=O) groups is 4. The van der Waals surface area contributed by atoms with E-state index in [-0.39, 0.29) is 28.4 Å². The van der Waals surface area contributed by atoms with Crippen LogP contribution in [0.4, 0.5) is 0 Å². The van der Waals surface area contributed by atoms with Gasteiger partial charge in [0.25, 0.3) is 5.91 Å². The number of carbonyl (C=O) groups excluding carboxylic acids is 3. The topological polar surface area (TPSA) is 179 Å². The zero-order chi connectivity index (χ0) is 24.5. The minimum absolute atomic E-state index is 0.0116. The van der Waals surface area contributed by atoms with E-state index in [9.17, 15) is 32.7 Å². The predicted molar refractivity (Wildman–Crippen MR) is 117 cm³/mol. The summed E-state index contributed by atoms with van der Waals surface area (Å²) >= 11 is 2.15. The van der Waals surface area contributed by atoms with Gasteiger partial charge in [-0.15, -0.1) is 23.1 Å². The molecule has 3 atom stereocenters. The van der Waals surface area contributed by atoms with Crippen LogP contribution < -0.4 is 10.0 Å². The van der Waals surface area contributed by atoms with Gasteiger partial charge in [0.05, 0.1) is 12.2 Å². The van der Waals surface area contributed by atoms with E-state index in [0.717, 1.165) is 28.0 Å². The lowest BCUT2D eigenvalue weighted by atomic mass is 9.99. The molecule has 1 aromatic rings. The van der Waals surface area contributed by atoms with Crippen molar-refractivity contribution in [2.45, 2.75) is 24.4 Å². The minimum Gasteiger partial charge on any atom is -0.477 e. The number of ether oxygens (including phenoxy) is 1. The molecule has 12 nitrogen and oxygen atoms in total. The second kappa shape index (κ2) is 9.64. The Hall–Kier alpha value is -2.72. The zero-order valence-electron chi connectivity index (χ0n) is 17.0. The van der Waals surface area contributed by atoms with Crippen molar-refractivity contribution in [3.05, 3.63) is 45.8 Å². The molecule has 2 unspecified atom stereocenters. The van der Waals surface area contributed by atoms with E-state index in [1.807, 2.05) is 0 Å². The number of amides is 2. The molecule has 15 heteroatoms. The minimum atomic E-state index is -4.75. The van der Waals surface area contributed by atoms with Crippen LogP contribution in [0.3, 0.4) is 0 Å². The molecule has 3 heterocycles. The summed E-state index contributed by atoms with van der Waals surface area (Å²) in [5.41, 5.74) is -0.585. The van der Waals surface area contributed by atoms with Crippen molar-refractivity contribution in [3.8, 4) is 0 Å². The molecule has 0 radical (unpaired) electrons. The summed E-state index contributed by atoms with van der Waals surface area (Å²) in [6.07, 6.45) is 0. The van der Waals surface area contributed by atoms with Gasteiger partial charge < -0.3 is 15.2 Å². The summed E-state index contributed by atoms with van der Waals surface area (Å²) in [6, 6.07) is 0.390. The number of fused-ring (bicyclic) bond motifs is 1. The van der Waals surface area contributed by atoms with E-state index in [0.29, 0.717) is 0 Å². The summed E-state index contributed by atoms with van der Waals surface area (Å²) in [5.74, 6) is -3.92. The highest BCUT2D eigenvalue weighted by molar-refractivity contribution is 8.00. The van der Waals surface area contributed by atoms with Crippen LogP contribution in [0.5, 0.6) is 0 Å². The second-order valence-corrected chi connectivity index (χ2v) is 10.0. The van der Waals surface area contributed by atoms with Gasteiger partial charge in [-0.1, -0.05) is 12.6 Å². The summed E-state index contributed by atoms with van der Waals surface area (Å²) in [7, 11) is -4.75. The lowest BCUT2D eigenvalue weighted by Gasteiger charge is -2.49. The normalized spacial score (nSPS) is 21.0. The molecule has 4 N–H and O–H groups in total. The van der Waals surface area contributed by atoms with Crippen molar-refractivity contribution in [2.75, 3.05) is 12.4 Å². The van der Waals surface area contributed by atoms with Gasteiger partial charge in [-0.25, -0.2) is 9.59 Å². The zero-order valence-corrected chi connectivity index (χ0v) is 19.5. The predicted octanol–water partition coefficient (Wildman–Crippen LogP) is 0.0395. The highest BCUT2D eigenvalue weighted by Crippen LogP contribution is 2.42. The maximum atomic E-state index is 12.8. The number of thioether (sulfide) groups is 1. The van der Waals surface area contributed by atoms with Crippen LogP contribution >= 0.6 is 23.1 Å². The SMILES string of the molecule is C=C(C(=O)OCC)C1=C(C(=O)O)N2C(=O)C(NC(=O)C(NS(=O)(=O)O)c3cccs3)[C@@H]2SC1. The largest absolute Gasteiger partial charge is 0.477 e. The first kappa shape index (κ1) is 24.9. The van der Waals surface area contributed by atoms with E-state index in [2.05, 4.69) is 11.9 Å². The van der Waals surface area contributed by atoms with E-state index in [1.165, 1.54) is 6.07 Å². The summed E-state index contributed by atoms with van der Waals surface area (Å²) < 4.78 is 38.4. The van der Waals surface area contributed by atoms with Gasteiger partial charge in [0.1, 0.15) is 23.2 Å². The van der Waals surface area contributed by atoms with Gasteiger partial charge in [-0.2, -0.15) is 13.1 Å². The molecule has 1 fully saturated rings. The van der Waals surface area contributed by atoms with Gasteiger partial charge in [0, 0.05) is 16.2 Å². The Labute approximate surface area is 196 Å². The van der Waals surface area contributed by atoms with Gasteiger partial charge in [0.2, 0.25) is 5.91 Å². The van der Waals surface area contributed by atoms with Crippen LogP contribution in [-0.4, -0.2) is 70.5 Å². The third kappa shape index (κ3) is 5.11. The Balaban J connectivity index is 1.82. The molecule has 33 heavy (non-hydrogen) atoms. The first-order chi connectivity index (χ1) is 15.5. The first-order valence-corrected chi connectivity index (χ1v) is 12.7. The highest BCUT2D eigenvalue weighted by atomic mass is 32.2. The second-order valence-electron chi connectivity index (χ2n) is 6.77. The molecule has 0 spiro atoms. The average Bonchev–Trinajstić information content (AvgIpc) is 3.28. The first-order valence-electron chi connectivity index (χ1n) is 9.32. The smallest absolute Gasteiger partial charge is 0.352 e. The van der Waals surface area contributed by atoms with Gasteiger partial charge in [-0.3, -0.25) is 19.0 Å². The van der Waals surface area contributed by atoms with Gasteiger partial charge >= 0.3 is 22.2 Å². The number of esters is 1. The molecule has 0 aliphatic carbocycles. The Morgan fingerprint density at radius 2 is 2.09 bits per heavy atom. The van der Waals surface area contributed by atoms with Crippen LogP contribution in [0, 0.1) is 0 Å². The molecule has 1 aromatic heterocycles. The summed E-state index contributed by atoms with van der Waals surface area (Å²) in [6.45, 7) is 5.22. The van der Waals surface area contributed by atoms with Gasteiger partial charge in [0.15, 0.2) is 0 Å². The van der Waals surface area contributed by atoms with Crippen LogP contribution in [0.15, 0.2) is 40.9 Å². The number of β-lactam (4-membered cyclic amide) rings is 1. The van der Waals surface area contributed by atoms with Crippen LogP contribution in [0.2, 0.25) is 0 Å². The van der Waals surface area contributed by atoms with Crippen molar-refractivity contribution in [3.63, 3.8) is 0 Å². The maximum absolute atomic E-state index is 12.8. The molecular weight excluding hydrogens is 498 g/mol. The van der Waals surface area contributed by atoms with E-state index in [4.69, 9.17) is 9.29 Å². The van der Waals surface area contributed by atoms with Crippen molar-refractivity contribution >= 4 is 57.2 Å². The van der Waals surface area contributed by atoms with Crippen molar-refractivity contribution < 1.29 is 42.0 Å². The number of hydrogen-bond acceptors (Lipinski definition) is 9. The van der Waals surface area contributed by atoms with Crippen molar-refractivity contribution in [2.24, 2.45) is 0 Å². The standard InChI is InChI=1S/C18H19N3O9S3/c1-3-30-18(26)8(2)9-7-32-16-12(15(23)21(16)13(9)17(24)25)19-14(22)11(20-33(27,28)29)10-5-4-6-31-10/h4-6,11-12,16,20H,2-3,7H2,1H3,(H,19,22)(H,24,25)(H,27,28,29)/t11?,12?,16-/m0/s1. The number of carboxylic acid groups (broad SMARTS) is 1. The Kier molecular flexibility index (Phi) is 7.28. The fraction of sp³-hybridized carbons (Fsp3) is 0.333. The Morgan fingerprint density at radius 1 is 1.39 bits per heavy atom. The fourth-order valence-corrected chi connectivity index (χ4v) is 6.04.